The first-order chi connectivity index (χ1) is 12.8. The number of aromatic nitrogens is 6. The summed E-state index contributed by atoms with van der Waals surface area (Å²) < 4.78 is 1.99. The van der Waals surface area contributed by atoms with Crippen LogP contribution in [0.1, 0.15) is 23.1 Å². The maximum absolute atomic E-state index is 4.56. The van der Waals surface area contributed by atoms with Gasteiger partial charge < -0.3 is 4.90 Å². The number of rotatable bonds is 5. The van der Waals surface area contributed by atoms with E-state index in [0.717, 1.165) is 37.7 Å². The van der Waals surface area contributed by atoms with E-state index in [9.17, 15) is 0 Å². The third-order valence-electron chi connectivity index (χ3n) is 4.79. The van der Waals surface area contributed by atoms with E-state index in [4.69, 9.17) is 0 Å². The second kappa shape index (κ2) is 7.67. The van der Waals surface area contributed by atoms with Gasteiger partial charge in [0.1, 0.15) is 17.7 Å². The minimum Gasteiger partial charge on any atom is -0.304 e. The molecule has 1 atom stereocenters. The lowest BCUT2D eigenvalue weighted by Crippen LogP contribution is -2.50. The van der Waals surface area contributed by atoms with Crippen LogP contribution >= 0.6 is 0 Å². The van der Waals surface area contributed by atoms with Crippen LogP contribution < -0.4 is 4.68 Å². The summed E-state index contributed by atoms with van der Waals surface area (Å²) in [6.45, 7) is 4.64. The quantitative estimate of drug-likeness (QED) is 0.665. The molecule has 3 heterocycles. The molecule has 1 saturated heterocycles. The molecule has 134 valence electrons. The Morgan fingerprint density at radius 1 is 1.12 bits per heavy atom. The van der Waals surface area contributed by atoms with Crippen LogP contribution in [0.5, 0.6) is 0 Å². The largest absolute Gasteiger partial charge is 0.324 e. The average Bonchev–Trinajstić information content (AvgIpc) is 3.13. The van der Waals surface area contributed by atoms with Crippen molar-refractivity contribution in [3.8, 4) is 0 Å². The van der Waals surface area contributed by atoms with Gasteiger partial charge in [-0.3, -0.25) is 14.9 Å². The van der Waals surface area contributed by atoms with Crippen molar-refractivity contribution in [1.29, 1.82) is 0 Å². The van der Waals surface area contributed by atoms with Gasteiger partial charge in [-0.25, -0.2) is 0 Å². The Morgan fingerprint density at radius 3 is 2.65 bits per heavy atom. The van der Waals surface area contributed by atoms with Gasteiger partial charge in [0.25, 0.3) is 0 Å². The van der Waals surface area contributed by atoms with Crippen molar-refractivity contribution in [3.05, 3.63) is 66.0 Å². The van der Waals surface area contributed by atoms with Gasteiger partial charge in [-0.1, -0.05) is 35.5 Å². The van der Waals surface area contributed by atoms with E-state index in [1.807, 2.05) is 29.1 Å². The minimum absolute atomic E-state index is 0.0696. The molecule has 0 bridgehead atoms. The number of piperazine rings is 1. The summed E-state index contributed by atoms with van der Waals surface area (Å²) in [5, 5.41) is 11.5. The van der Waals surface area contributed by atoms with E-state index < -0.39 is 0 Å². The van der Waals surface area contributed by atoms with Gasteiger partial charge in [-0.2, -0.15) is 4.68 Å². The molecular weight excluding hydrogens is 328 g/mol. The Hall–Kier alpha value is -2.71. The van der Waals surface area contributed by atoms with E-state index in [2.05, 4.69) is 54.5 Å². The highest BCUT2D eigenvalue weighted by Crippen LogP contribution is 2.24. The van der Waals surface area contributed by atoms with Crippen molar-refractivity contribution in [2.75, 3.05) is 33.2 Å². The highest BCUT2D eigenvalue weighted by Gasteiger charge is 2.35. The van der Waals surface area contributed by atoms with Crippen LogP contribution in [0.2, 0.25) is 0 Å². The van der Waals surface area contributed by atoms with Crippen LogP contribution in [0.25, 0.3) is 0 Å². The van der Waals surface area contributed by atoms with Crippen molar-refractivity contribution in [1.82, 2.24) is 35.3 Å². The highest BCUT2D eigenvalue weighted by atomic mass is 15.6. The lowest BCUT2D eigenvalue weighted by atomic mass is 10.1. The third-order valence-corrected chi connectivity index (χ3v) is 4.79. The van der Waals surface area contributed by atoms with Crippen LogP contribution in [0.15, 0.2) is 48.9 Å². The molecule has 26 heavy (non-hydrogen) atoms. The van der Waals surface area contributed by atoms with Crippen molar-refractivity contribution < 1.29 is 4.68 Å². The van der Waals surface area contributed by atoms with E-state index in [1.165, 1.54) is 5.56 Å². The molecule has 1 N–H and O–H groups in total. The molecule has 4 rings (SSSR count). The van der Waals surface area contributed by atoms with Crippen molar-refractivity contribution in [2.45, 2.75) is 12.6 Å². The molecule has 8 nitrogen and oxygen atoms in total. The monoisotopic (exact) mass is 351 g/mol. The maximum atomic E-state index is 4.56. The number of nitrogens with one attached hydrogen (secondary N) is 1. The Morgan fingerprint density at radius 2 is 1.92 bits per heavy atom. The lowest BCUT2D eigenvalue weighted by molar-refractivity contribution is -0.755. The molecule has 0 amide bonds. The lowest BCUT2D eigenvalue weighted by Gasteiger charge is -2.35. The smallest absolute Gasteiger partial charge is 0.304 e. The van der Waals surface area contributed by atoms with Crippen LogP contribution in [0.3, 0.4) is 0 Å². The van der Waals surface area contributed by atoms with Gasteiger partial charge in [0.15, 0.2) is 5.21 Å². The summed E-state index contributed by atoms with van der Waals surface area (Å²) in [5.41, 5.74) is 2.09. The summed E-state index contributed by atoms with van der Waals surface area (Å²) in [6, 6.07) is 10.2. The molecule has 0 saturated carbocycles. The predicted molar refractivity (Wildman–Crippen MR) is 95.1 cm³/mol. The zero-order valence-corrected chi connectivity index (χ0v) is 14.9. The highest BCUT2D eigenvalue weighted by molar-refractivity contribution is 5.14. The second-order valence-corrected chi connectivity index (χ2v) is 6.60. The molecule has 1 fully saturated rings. The Bertz CT molecular complexity index is 811. The standard InChI is InChI=1S/C18H22N8/c1-24-9-11-25(12-10-24)17(16-13-19-7-8-20-16)18-21-22-23-26(18)14-15-5-3-2-4-6-15/h2-8,13,17H,9-12,14H2,1H3/p+1. The SMILES string of the molecule is CN1CCN(C(c2cnccn2)c2nn[nH][n+]2Cc2ccccc2)CC1. The molecule has 8 heteroatoms. The van der Waals surface area contributed by atoms with Gasteiger partial charge in [0.05, 0.1) is 11.9 Å². The van der Waals surface area contributed by atoms with Crippen LogP contribution in [0.4, 0.5) is 0 Å². The zero-order chi connectivity index (χ0) is 17.8. The van der Waals surface area contributed by atoms with E-state index in [0.29, 0.717) is 6.54 Å². The van der Waals surface area contributed by atoms with E-state index >= 15 is 0 Å². The topological polar surface area (TPSA) is 77.7 Å². The van der Waals surface area contributed by atoms with Gasteiger partial charge in [0, 0.05) is 38.6 Å². The second-order valence-electron chi connectivity index (χ2n) is 6.60. The maximum Gasteiger partial charge on any atom is 0.324 e. The first kappa shape index (κ1) is 16.7. The summed E-state index contributed by atoms with van der Waals surface area (Å²) >= 11 is 0. The molecule has 0 spiro atoms. The molecule has 1 aliphatic heterocycles. The summed E-state index contributed by atoms with van der Waals surface area (Å²) in [4.78, 5) is 13.6. The number of aromatic amines is 1. The van der Waals surface area contributed by atoms with Crippen molar-refractivity contribution in [3.63, 3.8) is 0 Å². The third kappa shape index (κ3) is 3.61. The first-order valence-corrected chi connectivity index (χ1v) is 8.84. The van der Waals surface area contributed by atoms with Crippen LogP contribution in [-0.4, -0.2) is 68.5 Å². The first-order valence-electron chi connectivity index (χ1n) is 8.84. The number of H-pyrrole nitrogens is 1. The molecule has 2 aromatic heterocycles. The fourth-order valence-corrected chi connectivity index (χ4v) is 3.33. The molecule has 1 unspecified atom stereocenters. The van der Waals surface area contributed by atoms with Gasteiger partial charge >= 0.3 is 5.82 Å². The zero-order valence-electron chi connectivity index (χ0n) is 14.9. The fourth-order valence-electron chi connectivity index (χ4n) is 3.33. The average molecular weight is 351 g/mol. The summed E-state index contributed by atoms with van der Waals surface area (Å²) in [6.07, 6.45) is 5.26. The Balaban J connectivity index is 1.67. The normalized spacial score (nSPS) is 17.3. The van der Waals surface area contributed by atoms with Crippen LogP contribution in [0, 0.1) is 0 Å². The number of hydrogen-bond donors (Lipinski definition) is 1. The molecule has 1 aromatic carbocycles. The Kier molecular flexibility index (Phi) is 4.94. The summed E-state index contributed by atoms with van der Waals surface area (Å²) in [5.74, 6) is 0.860. The van der Waals surface area contributed by atoms with Gasteiger partial charge in [0.2, 0.25) is 0 Å². The number of tetrazole rings is 1. The fraction of sp³-hybridized carbons (Fsp3) is 0.389. The molecular formula is C18H23N8+. The molecule has 3 aromatic rings. The van der Waals surface area contributed by atoms with Crippen molar-refractivity contribution >= 4 is 0 Å². The van der Waals surface area contributed by atoms with E-state index in [1.54, 1.807) is 12.4 Å². The molecule has 0 aliphatic carbocycles. The number of hydrogen-bond acceptors (Lipinski definition) is 6. The van der Waals surface area contributed by atoms with Crippen LogP contribution in [-0.2, 0) is 6.54 Å². The minimum atomic E-state index is -0.0696. The van der Waals surface area contributed by atoms with Gasteiger partial charge in [-0.05, 0) is 12.6 Å². The Labute approximate surface area is 152 Å². The number of nitrogens with zero attached hydrogens (tertiary/aromatic N) is 7. The van der Waals surface area contributed by atoms with Gasteiger partial charge in [-0.15, -0.1) is 0 Å². The predicted octanol–water partition coefficient (Wildman–Crippen LogP) is 0.267. The van der Waals surface area contributed by atoms with E-state index in [-0.39, 0.29) is 6.04 Å². The van der Waals surface area contributed by atoms with Crippen molar-refractivity contribution in [2.24, 2.45) is 0 Å². The molecule has 0 radical (unpaired) electrons. The number of likely N-dealkylation sites (N-methyl/N-ethyl adjacent to an activating group) is 1. The summed E-state index contributed by atoms with van der Waals surface area (Å²) in [7, 11) is 2.15. The molecule has 1 aliphatic rings. The number of benzene rings is 1.